The Hall–Kier alpha value is -2.31. The fourth-order valence-electron chi connectivity index (χ4n) is 2.04. The van der Waals surface area contributed by atoms with Gasteiger partial charge in [-0.05, 0) is 41.8 Å². The van der Waals surface area contributed by atoms with E-state index in [2.05, 4.69) is 10.2 Å². The van der Waals surface area contributed by atoms with Crippen molar-refractivity contribution in [1.29, 1.82) is 0 Å². The number of aromatic amines is 1. The molecule has 1 unspecified atom stereocenters. The Kier molecular flexibility index (Phi) is 3.64. The highest BCUT2D eigenvalue weighted by atomic mass is 32.1. The second kappa shape index (κ2) is 5.59. The third kappa shape index (κ3) is 2.76. The van der Waals surface area contributed by atoms with Crippen molar-refractivity contribution in [2.24, 2.45) is 5.73 Å². The molecule has 1 atom stereocenters. The van der Waals surface area contributed by atoms with Crippen LogP contribution in [-0.2, 0) is 0 Å². The van der Waals surface area contributed by atoms with E-state index in [-0.39, 0.29) is 11.4 Å². The van der Waals surface area contributed by atoms with Gasteiger partial charge in [0.2, 0.25) is 0 Å². The molecule has 0 saturated carbocycles. The molecule has 106 valence electrons. The molecule has 0 saturated heterocycles. The van der Waals surface area contributed by atoms with Gasteiger partial charge in [0.1, 0.15) is 5.82 Å². The van der Waals surface area contributed by atoms with Gasteiger partial charge in [0, 0.05) is 16.0 Å². The molecule has 2 aromatic heterocycles. The van der Waals surface area contributed by atoms with Crippen LogP contribution >= 0.6 is 11.3 Å². The molecule has 6 heteroatoms. The van der Waals surface area contributed by atoms with Crippen LogP contribution in [0.4, 0.5) is 4.39 Å². The fraction of sp³-hybridized carbons (Fsp3) is 0.0667. The number of rotatable bonds is 3. The maximum atomic E-state index is 13.0. The zero-order valence-corrected chi connectivity index (χ0v) is 11.7. The summed E-state index contributed by atoms with van der Waals surface area (Å²) in [5.74, 6) is -0.321. The molecule has 0 fully saturated rings. The van der Waals surface area contributed by atoms with E-state index in [1.165, 1.54) is 23.5 Å². The standard InChI is InChI=1S/C15H12FN3OS/c16-10-5-3-9(4-6-10)12-8-11(15(20)19-18-12)14(17)13-2-1-7-21-13/h1-8,14H,17H2,(H,19,20). The van der Waals surface area contributed by atoms with Gasteiger partial charge in [0.25, 0.3) is 5.56 Å². The summed E-state index contributed by atoms with van der Waals surface area (Å²) in [5.41, 5.74) is 7.52. The van der Waals surface area contributed by atoms with Crippen molar-refractivity contribution in [3.8, 4) is 11.3 Å². The smallest absolute Gasteiger partial charge is 0.269 e. The highest BCUT2D eigenvalue weighted by molar-refractivity contribution is 7.10. The van der Waals surface area contributed by atoms with E-state index in [1.54, 1.807) is 18.2 Å². The molecular weight excluding hydrogens is 289 g/mol. The third-order valence-corrected chi connectivity index (χ3v) is 4.11. The zero-order valence-electron chi connectivity index (χ0n) is 10.9. The lowest BCUT2D eigenvalue weighted by molar-refractivity contribution is 0.628. The summed E-state index contributed by atoms with van der Waals surface area (Å²) in [7, 11) is 0. The Balaban J connectivity index is 2.04. The van der Waals surface area contributed by atoms with Gasteiger partial charge >= 0.3 is 0 Å². The molecular formula is C15H12FN3OS. The third-order valence-electron chi connectivity index (χ3n) is 3.16. The average molecular weight is 301 g/mol. The second-order valence-corrected chi connectivity index (χ2v) is 5.52. The van der Waals surface area contributed by atoms with E-state index in [0.717, 1.165) is 4.88 Å². The lowest BCUT2D eigenvalue weighted by atomic mass is 10.1. The number of nitrogens with two attached hydrogens (primary N) is 1. The zero-order chi connectivity index (χ0) is 14.8. The highest BCUT2D eigenvalue weighted by Crippen LogP contribution is 2.24. The van der Waals surface area contributed by atoms with Crippen molar-refractivity contribution in [1.82, 2.24) is 10.2 Å². The molecule has 0 bridgehead atoms. The number of hydrogen-bond acceptors (Lipinski definition) is 4. The summed E-state index contributed by atoms with van der Waals surface area (Å²) in [6.45, 7) is 0. The summed E-state index contributed by atoms with van der Waals surface area (Å²) < 4.78 is 13.0. The minimum Gasteiger partial charge on any atom is -0.319 e. The van der Waals surface area contributed by atoms with Crippen LogP contribution in [0.1, 0.15) is 16.5 Å². The van der Waals surface area contributed by atoms with Gasteiger partial charge in [-0.1, -0.05) is 6.07 Å². The predicted octanol–water partition coefficient (Wildman–Crippen LogP) is 2.69. The van der Waals surface area contributed by atoms with Crippen LogP contribution in [0.3, 0.4) is 0 Å². The second-order valence-electron chi connectivity index (χ2n) is 4.54. The number of aromatic nitrogens is 2. The number of H-pyrrole nitrogens is 1. The summed E-state index contributed by atoms with van der Waals surface area (Å²) >= 11 is 1.49. The minimum absolute atomic E-state index is 0.318. The lowest BCUT2D eigenvalue weighted by Gasteiger charge is -2.10. The summed E-state index contributed by atoms with van der Waals surface area (Å²) in [5, 5.41) is 8.35. The van der Waals surface area contributed by atoms with E-state index in [4.69, 9.17) is 5.73 Å². The molecule has 1 aromatic carbocycles. The first-order valence-electron chi connectivity index (χ1n) is 6.29. The molecule has 0 radical (unpaired) electrons. The number of nitrogens with zero attached hydrogens (tertiary/aromatic N) is 1. The molecule has 0 amide bonds. The molecule has 21 heavy (non-hydrogen) atoms. The predicted molar refractivity (Wildman–Crippen MR) is 80.6 cm³/mol. The Bertz CT molecular complexity index is 797. The van der Waals surface area contributed by atoms with Gasteiger partial charge < -0.3 is 5.73 Å². The number of thiophene rings is 1. The first-order valence-corrected chi connectivity index (χ1v) is 7.17. The fourth-order valence-corrected chi connectivity index (χ4v) is 2.79. The van der Waals surface area contributed by atoms with E-state index in [0.29, 0.717) is 16.8 Å². The topological polar surface area (TPSA) is 71.8 Å². The molecule has 4 nitrogen and oxygen atoms in total. The van der Waals surface area contributed by atoms with Gasteiger partial charge in [-0.25, -0.2) is 9.49 Å². The Morgan fingerprint density at radius 3 is 2.67 bits per heavy atom. The molecule has 0 spiro atoms. The minimum atomic E-state index is -0.504. The van der Waals surface area contributed by atoms with E-state index < -0.39 is 6.04 Å². The maximum absolute atomic E-state index is 13.0. The van der Waals surface area contributed by atoms with Gasteiger partial charge in [-0.2, -0.15) is 5.10 Å². The van der Waals surface area contributed by atoms with Crippen molar-refractivity contribution >= 4 is 11.3 Å². The molecule has 0 aliphatic carbocycles. The Morgan fingerprint density at radius 1 is 1.24 bits per heavy atom. The van der Waals surface area contributed by atoms with Crippen molar-refractivity contribution in [2.75, 3.05) is 0 Å². The Morgan fingerprint density at radius 2 is 2.00 bits per heavy atom. The monoisotopic (exact) mass is 301 g/mol. The van der Waals surface area contributed by atoms with Crippen molar-refractivity contribution in [3.63, 3.8) is 0 Å². The molecule has 3 aromatic rings. The van der Waals surface area contributed by atoms with Crippen LogP contribution in [0.5, 0.6) is 0 Å². The van der Waals surface area contributed by atoms with Gasteiger partial charge in [-0.15, -0.1) is 11.3 Å². The quantitative estimate of drug-likeness (QED) is 0.781. The van der Waals surface area contributed by atoms with Gasteiger partial charge in [0.05, 0.1) is 11.7 Å². The largest absolute Gasteiger partial charge is 0.319 e. The van der Waals surface area contributed by atoms with Crippen LogP contribution in [-0.4, -0.2) is 10.2 Å². The van der Waals surface area contributed by atoms with Crippen LogP contribution in [0, 0.1) is 5.82 Å². The summed E-state index contributed by atoms with van der Waals surface area (Å²) in [6.07, 6.45) is 0. The summed E-state index contributed by atoms with van der Waals surface area (Å²) in [6, 6.07) is 10.8. The lowest BCUT2D eigenvalue weighted by Crippen LogP contribution is -2.23. The van der Waals surface area contributed by atoms with E-state index in [1.807, 2.05) is 17.5 Å². The van der Waals surface area contributed by atoms with Crippen LogP contribution in [0.25, 0.3) is 11.3 Å². The van der Waals surface area contributed by atoms with Gasteiger partial charge in [-0.3, -0.25) is 4.79 Å². The van der Waals surface area contributed by atoms with Crippen molar-refractivity contribution < 1.29 is 4.39 Å². The first kappa shape index (κ1) is 13.7. The van der Waals surface area contributed by atoms with Crippen LogP contribution in [0.2, 0.25) is 0 Å². The summed E-state index contributed by atoms with van der Waals surface area (Å²) in [4.78, 5) is 12.8. The maximum Gasteiger partial charge on any atom is 0.269 e. The van der Waals surface area contributed by atoms with Crippen molar-refractivity contribution in [2.45, 2.75) is 6.04 Å². The first-order chi connectivity index (χ1) is 10.1. The average Bonchev–Trinajstić information content (AvgIpc) is 3.02. The van der Waals surface area contributed by atoms with E-state index in [9.17, 15) is 9.18 Å². The molecule has 3 N–H and O–H groups in total. The SMILES string of the molecule is NC(c1cccs1)c1cc(-c2ccc(F)cc2)n[nH]c1=O. The molecule has 0 aliphatic heterocycles. The molecule has 0 aliphatic rings. The molecule has 3 rings (SSSR count). The van der Waals surface area contributed by atoms with E-state index >= 15 is 0 Å². The Labute approximate surface area is 124 Å². The normalized spacial score (nSPS) is 12.3. The van der Waals surface area contributed by atoms with Crippen LogP contribution < -0.4 is 11.3 Å². The van der Waals surface area contributed by atoms with Gasteiger partial charge in [0.15, 0.2) is 0 Å². The number of nitrogens with one attached hydrogen (secondary N) is 1. The van der Waals surface area contributed by atoms with Crippen LogP contribution in [0.15, 0.2) is 52.6 Å². The number of halogens is 1. The van der Waals surface area contributed by atoms with Crippen molar-refractivity contribution in [3.05, 3.63) is 74.5 Å². The number of hydrogen-bond donors (Lipinski definition) is 2. The number of benzene rings is 1. The highest BCUT2D eigenvalue weighted by Gasteiger charge is 2.15. The molecule has 2 heterocycles.